The Bertz CT molecular complexity index is 888. The zero-order valence-corrected chi connectivity index (χ0v) is 19.5. The molecule has 8 heteroatoms. The summed E-state index contributed by atoms with van der Waals surface area (Å²) in [5, 5.41) is 11.6. The Hall–Kier alpha value is -2.45. The lowest BCUT2D eigenvalue weighted by molar-refractivity contribution is 0.177. The summed E-state index contributed by atoms with van der Waals surface area (Å²) in [5.74, 6) is 2.67. The minimum atomic E-state index is 0.279. The van der Waals surface area contributed by atoms with Crippen LogP contribution < -0.4 is 10.6 Å². The minimum absolute atomic E-state index is 0.279. The van der Waals surface area contributed by atoms with Gasteiger partial charge in [0.25, 0.3) is 0 Å². The van der Waals surface area contributed by atoms with Crippen LogP contribution in [0.15, 0.2) is 29.3 Å². The first-order chi connectivity index (χ1) is 15.7. The number of likely N-dealkylation sites (tertiary alicyclic amines) is 1. The Morgan fingerprint density at radius 3 is 2.78 bits per heavy atom. The Balaban J connectivity index is 1.39. The molecule has 1 saturated heterocycles. The molecule has 0 aliphatic carbocycles. The molecule has 2 aliphatic rings. The third-order valence-electron chi connectivity index (χ3n) is 6.23. The fraction of sp³-hybridized carbons (Fsp3) is 0.625. The highest BCUT2D eigenvalue weighted by molar-refractivity contribution is 5.80. The van der Waals surface area contributed by atoms with E-state index in [1.165, 1.54) is 43.5 Å². The first-order valence-corrected chi connectivity index (χ1v) is 12.0. The van der Waals surface area contributed by atoms with Crippen molar-refractivity contribution in [2.75, 3.05) is 26.7 Å². The summed E-state index contributed by atoms with van der Waals surface area (Å²) in [6.07, 6.45) is 5.92. The molecule has 2 N–H and O–H groups in total. The summed E-state index contributed by atoms with van der Waals surface area (Å²) in [4.78, 5) is 12.1. The quantitative estimate of drug-likeness (QED) is 0.486. The normalized spacial score (nSPS) is 19.6. The van der Waals surface area contributed by atoms with Gasteiger partial charge in [-0.3, -0.25) is 4.90 Å². The highest BCUT2D eigenvalue weighted by Gasteiger charge is 2.22. The molecule has 0 spiro atoms. The number of hydrogen-bond acceptors (Lipinski definition) is 5. The molecular formula is C24H37N7O. The standard InChI is InChI=1S/C24H37N7O/c1-3-25-24(27-21-11-12-23-28-22(18-32-2)29-31(23)17-21)26-15-19-9-5-6-10-20(19)16-30-13-7-4-8-14-30/h5-6,9-10,21H,3-4,7-8,11-18H2,1-2H3,(H2,25,26,27). The molecule has 1 aromatic heterocycles. The number of fused-ring (bicyclic) bond motifs is 1. The second kappa shape index (κ2) is 11.4. The van der Waals surface area contributed by atoms with Gasteiger partial charge in [-0.05, 0) is 50.4 Å². The van der Waals surface area contributed by atoms with Crippen LogP contribution in [0.1, 0.15) is 55.4 Å². The summed E-state index contributed by atoms with van der Waals surface area (Å²) in [7, 11) is 1.67. The highest BCUT2D eigenvalue weighted by atomic mass is 16.5. The van der Waals surface area contributed by atoms with E-state index in [0.29, 0.717) is 13.2 Å². The maximum atomic E-state index is 5.17. The minimum Gasteiger partial charge on any atom is -0.377 e. The van der Waals surface area contributed by atoms with Crippen LogP contribution in [0.3, 0.4) is 0 Å². The molecule has 0 amide bonds. The molecule has 1 fully saturated rings. The second-order valence-corrected chi connectivity index (χ2v) is 8.74. The first-order valence-electron chi connectivity index (χ1n) is 12.0. The van der Waals surface area contributed by atoms with E-state index in [1.807, 2.05) is 4.68 Å². The summed E-state index contributed by atoms with van der Waals surface area (Å²) in [6.45, 7) is 8.31. The van der Waals surface area contributed by atoms with E-state index in [0.717, 1.165) is 50.1 Å². The average molecular weight is 440 g/mol. The SMILES string of the molecule is CCNC(=NCc1ccccc1CN1CCCCC1)NC1CCc2nc(COC)nn2C1. The van der Waals surface area contributed by atoms with Gasteiger partial charge < -0.3 is 15.4 Å². The lowest BCUT2D eigenvalue weighted by Crippen LogP contribution is -2.47. The van der Waals surface area contributed by atoms with E-state index >= 15 is 0 Å². The molecule has 4 rings (SSSR count). The van der Waals surface area contributed by atoms with Gasteiger partial charge in [0, 0.05) is 32.7 Å². The molecule has 2 aromatic rings. The molecule has 0 bridgehead atoms. The van der Waals surface area contributed by atoms with Gasteiger partial charge in [-0.2, -0.15) is 5.10 Å². The number of benzene rings is 1. The number of aliphatic imine (C=N–C) groups is 1. The maximum absolute atomic E-state index is 5.17. The number of aromatic nitrogens is 3. The van der Waals surface area contributed by atoms with Crippen molar-refractivity contribution in [1.82, 2.24) is 30.3 Å². The Kier molecular flexibility index (Phi) is 8.12. The van der Waals surface area contributed by atoms with Crippen LogP contribution in [0.5, 0.6) is 0 Å². The van der Waals surface area contributed by atoms with Gasteiger partial charge in [-0.1, -0.05) is 30.7 Å². The van der Waals surface area contributed by atoms with Gasteiger partial charge >= 0.3 is 0 Å². The molecule has 2 aliphatic heterocycles. The molecule has 8 nitrogen and oxygen atoms in total. The van der Waals surface area contributed by atoms with Gasteiger partial charge in [0.1, 0.15) is 12.4 Å². The van der Waals surface area contributed by atoms with Crippen molar-refractivity contribution < 1.29 is 4.74 Å². The number of rotatable bonds is 8. The molecule has 1 atom stereocenters. The first kappa shape index (κ1) is 22.7. The van der Waals surface area contributed by atoms with Crippen LogP contribution in [0.4, 0.5) is 0 Å². The van der Waals surface area contributed by atoms with Crippen molar-refractivity contribution in [3.05, 3.63) is 47.0 Å². The molecule has 1 unspecified atom stereocenters. The Labute approximate surface area is 191 Å². The lowest BCUT2D eigenvalue weighted by Gasteiger charge is -2.27. The van der Waals surface area contributed by atoms with Crippen molar-refractivity contribution in [1.29, 1.82) is 0 Å². The van der Waals surface area contributed by atoms with E-state index in [1.54, 1.807) is 7.11 Å². The Morgan fingerprint density at radius 1 is 1.19 bits per heavy atom. The van der Waals surface area contributed by atoms with Crippen molar-refractivity contribution in [2.24, 2.45) is 4.99 Å². The van der Waals surface area contributed by atoms with E-state index < -0.39 is 0 Å². The average Bonchev–Trinajstić information content (AvgIpc) is 3.21. The monoisotopic (exact) mass is 439 g/mol. The van der Waals surface area contributed by atoms with Gasteiger partial charge in [0.15, 0.2) is 11.8 Å². The van der Waals surface area contributed by atoms with Crippen LogP contribution in [-0.2, 0) is 37.4 Å². The van der Waals surface area contributed by atoms with Crippen molar-refractivity contribution >= 4 is 5.96 Å². The summed E-state index contributed by atoms with van der Waals surface area (Å²) in [5.41, 5.74) is 2.70. The molecule has 0 radical (unpaired) electrons. The molecule has 174 valence electrons. The number of aryl methyl sites for hydroxylation is 1. The van der Waals surface area contributed by atoms with Gasteiger partial charge in [0.05, 0.1) is 13.1 Å². The fourth-order valence-corrected chi connectivity index (χ4v) is 4.57. The topological polar surface area (TPSA) is 79.6 Å². The number of nitrogens with zero attached hydrogens (tertiary/aromatic N) is 5. The predicted molar refractivity (Wildman–Crippen MR) is 126 cm³/mol. The fourth-order valence-electron chi connectivity index (χ4n) is 4.57. The second-order valence-electron chi connectivity index (χ2n) is 8.74. The van der Waals surface area contributed by atoms with Gasteiger partial charge in [-0.25, -0.2) is 14.7 Å². The zero-order valence-electron chi connectivity index (χ0n) is 19.5. The van der Waals surface area contributed by atoms with Gasteiger partial charge in [0.2, 0.25) is 0 Å². The largest absolute Gasteiger partial charge is 0.377 e. The van der Waals surface area contributed by atoms with E-state index in [-0.39, 0.29) is 6.04 Å². The molecule has 3 heterocycles. The Morgan fingerprint density at radius 2 is 2.00 bits per heavy atom. The third kappa shape index (κ3) is 6.07. The van der Waals surface area contributed by atoms with Gasteiger partial charge in [-0.15, -0.1) is 0 Å². The maximum Gasteiger partial charge on any atom is 0.191 e. The van der Waals surface area contributed by atoms with E-state index in [9.17, 15) is 0 Å². The van der Waals surface area contributed by atoms with E-state index in [2.05, 4.69) is 56.8 Å². The van der Waals surface area contributed by atoms with Crippen LogP contribution in [-0.4, -0.2) is 58.4 Å². The number of hydrogen-bond donors (Lipinski definition) is 2. The molecule has 1 aromatic carbocycles. The highest BCUT2D eigenvalue weighted by Crippen LogP contribution is 2.17. The lowest BCUT2D eigenvalue weighted by atomic mass is 10.1. The van der Waals surface area contributed by atoms with Crippen molar-refractivity contribution in [3.8, 4) is 0 Å². The predicted octanol–water partition coefficient (Wildman–Crippen LogP) is 2.48. The smallest absolute Gasteiger partial charge is 0.191 e. The number of nitrogens with one attached hydrogen (secondary N) is 2. The number of piperidine rings is 1. The molecule has 0 saturated carbocycles. The molecule has 32 heavy (non-hydrogen) atoms. The number of ether oxygens (including phenoxy) is 1. The summed E-state index contributed by atoms with van der Waals surface area (Å²) >= 11 is 0. The van der Waals surface area contributed by atoms with Crippen molar-refractivity contribution in [2.45, 2.75) is 71.3 Å². The number of guanidine groups is 1. The van der Waals surface area contributed by atoms with Crippen LogP contribution in [0.25, 0.3) is 0 Å². The van der Waals surface area contributed by atoms with E-state index in [4.69, 9.17) is 9.73 Å². The van der Waals surface area contributed by atoms with Crippen molar-refractivity contribution in [3.63, 3.8) is 0 Å². The zero-order chi connectivity index (χ0) is 22.2. The van der Waals surface area contributed by atoms with Crippen LogP contribution in [0.2, 0.25) is 0 Å². The third-order valence-corrected chi connectivity index (χ3v) is 6.23. The number of methoxy groups -OCH3 is 1. The van der Waals surface area contributed by atoms with Crippen LogP contribution >= 0.6 is 0 Å². The molecular weight excluding hydrogens is 402 g/mol. The summed E-state index contributed by atoms with van der Waals surface area (Å²) in [6, 6.07) is 9.01. The van der Waals surface area contributed by atoms with Crippen LogP contribution in [0, 0.1) is 0 Å². The summed E-state index contributed by atoms with van der Waals surface area (Å²) < 4.78 is 7.18.